The van der Waals surface area contributed by atoms with Gasteiger partial charge in [-0.15, -0.1) is 0 Å². The number of imide groups is 1. The Bertz CT molecular complexity index is 453. The fraction of sp³-hybridized carbons (Fsp3) is 0.800. The maximum Gasteiger partial charge on any atom is 0.332 e. The number of aliphatic carboxylic acids is 1. The molecule has 2 amide bonds. The lowest BCUT2D eigenvalue weighted by atomic mass is 10.00. The predicted octanol–water partition coefficient (Wildman–Crippen LogP) is 1.04. The van der Waals surface area contributed by atoms with Crippen molar-refractivity contribution in [2.75, 3.05) is 6.54 Å². The van der Waals surface area contributed by atoms with E-state index in [9.17, 15) is 14.4 Å². The van der Waals surface area contributed by atoms with Crippen molar-refractivity contribution in [3.8, 4) is 0 Å². The van der Waals surface area contributed by atoms with Crippen LogP contribution in [0.4, 0.5) is 0 Å². The quantitative estimate of drug-likeness (QED) is 0.783. The molecule has 6 nitrogen and oxygen atoms in total. The van der Waals surface area contributed by atoms with Crippen molar-refractivity contribution in [3.63, 3.8) is 0 Å². The van der Waals surface area contributed by atoms with Gasteiger partial charge in [0.15, 0.2) is 6.10 Å². The van der Waals surface area contributed by atoms with Crippen molar-refractivity contribution >= 4 is 17.8 Å². The number of carbonyl (C=O) groups excluding carboxylic acids is 2. The average molecular weight is 295 g/mol. The number of likely N-dealkylation sites (tertiary alicyclic amines) is 1. The SMILES string of the molecule is CCC1CC2C(=O)N(CC3CCC(C(=O)O)O3)C(=O)C2C1. The molecular weight excluding hydrogens is 274 g/mol. The Morgan fingerprint density at radius 3 is 2.33 bits per heavy atom. The second kappa shape index (κ2) is 5.40. The average Bonchev–Trinajstić information content (AvgIpc) is 3.13. The van der Waals surface area contributed by atoms with E-state index in [1.807, 2.05) is 0 Å². The second-order valence-corrected chi connectivity index (χ2v) is 6.41. The molecule has 0 aromatic carbocycles. The van der Waals surface area contributed by atoms with Crippen LogP contribution in [0.15, 0.2) is 0 Å². The van der Waals surface area contributed by atoms with Gasteiger partial charge in [-0.05, 0) is 31.6 Å². The third kappa shape index (κ3) is 2.46. The summed E-state index contributed by atoms with van der Waals surface area (Å²) in [7, 11) is 0. The van der Waals surface area contributed by atoms with Gasteiger partial charge in [0.05, 0.1) is 24.5 Å². The molecule has 0 aromatic heterocycles. The number of amides is 2. The minimum atomic E-state index is -0.973. The van der Waals surface area contributed by atoms with Crippen LogP contribution < -0.4 is 0 Å². The van der Waals surface area contributed by atoms with Crippen molar-refractivity contribution in [2.45, 2.75) is 51.2 Å². The number of hydrogen-bond donors (Lipinski definition) is 1. The van der Waals surface area contributed by atoms with Gasteiger partial charge >= 0.3 is 5.97 Å². The normalized spacial score (nSPS) is 39.1. The topological polar surface area (TPSA) is 83.9 Å². The van der Waals surface area contributed by atoms with E-state index < -0.39 is 12.1 Å². The summed E-state index contributed by atoms with van der Waals surface area (Å²) in [5.41, 5.74) is 0. The first-order valence-corrected chi connectivity index (χ1v) is 7.74. The van der Waals surface area contributed by atoms with Gasteiger partial charge in [0.25, 0.3) is 0 Å². The van der Waals surface area contributed by atoms with Crippen molar-refractivity contribution in [3.05, 3.63) is 0 Å². The molecule has 0 radical (unpaired) electrons. The number of carboxylic acid groups (broad SMARTS) is 1. The number of rotatable bonds is 4. The lowest BCUT2D eigenvalue weighted by Crippen LogP contribution is -2.39. The summed E-state index contributed by atoms with van der Waals surface area (Å²) in [6.45, 7) is 2.31. The van der Waals surface area contributed by atoms with Gasteiger partial charge in [0, 0.05) is 0 Å². The number of ether oxygens (including phenoxy) is 1. The smallest absolute Gasteiger partial charge is 0.332 e. The molecule has 6 heteroatoms. The molecule has 1 aliphatic carbocycles. The Hall–Kier alpha value is -1.43. The Balaban J connectivity index is 1.62. The Labute approximate surface area is 123 Å². The lowest BCUT2D eigenvalue weighted by Gasteiger charge is -2.21. The van der Waals surface area contributed by atoms with Crippen LogP contribution in [0, 0.1) is 17.8 Å². The highest BCUT2D eigenvalue weighted by molar-refractivity contribution is 6.05. The van der Waals surface area contributed by atoms with Crippen LogP contribution in [0.25, 0.3) is 0 Å². The Kier molecular flexibility index (Phi) is 3.73. The monoisotopic (exact) mass is 295 g/mol. The molecule has 3 fully saturated rings. The van der Waals surface area contributed by atoms with Gasteiger partial charge in [-0.1, -0.05) is 13.3 Å². The fourth-order valence-electron chi connectivity index (χ4n) is 3.94. The summed E-state index contributed by atoms with van der Waals surface area (Å²) in [5, 5.41) is 8.91. The lowest BCUT2D eigenvalue weighted by molar-refractivity contribution is -0.150. The molecule has 0 spiro atoms. The number of fused-ring (bicyclic) bond motifs is 1. The van der Waals surface area contributed by atoms with Crippen molar-refractivity contribution in [1.29, 1.82) is 0 Å². The molecule has 0 bridgehead atoms. The van der Waals surface area contributed by atoms with Crippen molar-refractivity contribution in [2.24, 2.45) is 17.8 Å². The van der Waals surface area contributed by atoms with E-state index in [0.29, 0.717) is 18.8 Å². The molecule has 0 aromatic rings. The van der Waals surface area contributed by atoms with Gasteiger partial charge in [-0.3, -0.25) is 14.5 Å². The standard InChI is InChI=1S/C15H21NO5/c1-2-8-5-10-11(6-8)14(18)16(13(10)17)7-9-3-4-12(21-9)15(19)20/h8-12H,2-7H2,1H3,(H,19,20). The molecule has 4 unspecified atom stereocenters. The third-order valence-corrected chi connectivity index (χ3v) is 5.17. The Morgan fingerprint density at radius 2 is 1.86 bits per heavy atom. The first kappa shape index (κ1) is 14.5. The van der Waals surface area contributed by atoms with Crippen LogP contribution in [0.1, 0.15) is 39.0 Å². The van der Waals surface area contributed by atoms with E-state index in [1.54, 1.807) is 0 Å². The van der Waals surface area contributed by atoms with Crippen LogP contribution >= 0.6 is 0 Å². The molecule has 2 heterocycles. The minimum Gasteiger partial charge on any atom is -0.479 e. The number of nitrogens with zero attached hydrogens (tertiary/aromatic N) is 1. The molecule has 116 valence electrons. The summed E-state index contributed by atoms with van der Waals surface area (Å²) in [6, 6.07) is 0. The molecule has 1 saturated carbocycles. The van der Waals surface area contributed by atoms with Crippen LogP contribution in [-0.4, -0.2) is 46.5 Å². The molecule has 1 N–H and O–H groups in total. The van der Waals surface area contributed by atoms with Crippen LogP contribution in [0.5, 0.6) is 0 Å². The van der Waals surface area contributed by atoms with E-state index >= 15 is 0 Å². The van der Waals surface area contributed by atoms with Crippen LogP contribution in [0.2, 0.25) is 0 Å². The highest BCUT2D eigenvalue weighted by atomic mass is 16.5. The second-order valence-electron chi connectivity index (χ2n) is 6.41. The minimum absolute atomic E-state index is 0.0803. The van der Waals surface area contributed by atoms with Crippen molar-refractivity contribution < 1.29 is 24.2 Å². The number of hydrogen-bond acceptors (Lipinski definition) is 4. The fourth-order valence-corrected chi connectivity index (χ4v) is 3.94. The van der Waals surface area contributed by atoms with Crippen LogP contribution in [0.3, 0.4) is 0 Å². The largest absolute Gasteiger partial charge is 0.479 e. The zero-order valence-electron chi connectivity index (χ0n) is 12.2. The summed E-state index contributed by atoms with van der Waals surface area (Å²) in [5.74, 6) is -0.960. The predicted molar refractivity (Wildman–Crippen MR) is 72.2 cm³/mol. The van der Waals surface area contributed by atoms with Gasteiger partial charge < -0.3 is 9.84 Å². The maximum atomic E-state index is 12.4. The van der Waals surface area contributed by atoms with E-state index in [0.717, 1.165) is 19.3 Å². The Morgan fingerprint density at radius 1 is 1.24 bits per heavy atom. The number of carbonyl (C=O) groups is 3. The van der Waals surface area contributed by atoms with Gasteiger partial charge in [0.2, 0.25) is 11.8 Å². The molecule has 3 aliphatic rings. The molecule has 21 heavy (non-hydrogen) atoms. The number of carboxylic acids is 1. The first-order valence-electron chi connectivity index (χ1n) is 7.74. The highest BCUT2D eigenvalue weighted by Gasteiger charge is 2.52. The van der Waals surface area contributed by atoms with E-state index in [2.05, 4.69) is 6.92 Å². The highest BCUT2D eigenvalue weighted by Crippen LogP contribution is 2.44. The summed E-state index contributed by atoms with van der Waals surface area (Å²) >= 11 is 0. The zero-order chi connectivity index (χ0) is 15.1. The maximum absolute atomic E-state index is 12.4. The van der Waals surface area contributed by atoms with Gasteiger partial charge in [0.1, 0.15) is 0 Å². The first-order chi connectivity index (χ1) is 10.0. The van der Waals surface area contributed by atoms with E-state index in [4.69, 9.17) is 9.84 Å². The molecule has 2 saturated heterocycles. The molecule has 2 aliphatic heterocycles. The van der Waals surface area contributed by atoms with Crippen LogP contribution in [-0.2, 0) is 19.1 Å². The third-order valence-electron chi connectivity index (χ3n) is 5.17. The van der Waals surface area contributed by atoms with Gasteiger partial charge in [-0.2, -0.15) is 0 Å². The summed E-state index contributed by atoms with van der Waals surface area (Å²) in [4.78, 5) is 37.0. The van der Waals surface area contributed by atoms with Crippen molar-refractivity contribution in [1.82, 2.24) is 4.90 Å². The molecular formula is C15H21NO5. The summed E-state index contributed by atoms with van der Waals surface area (Å²) < 4.78 is 5.40. The molecule has 4 atom stereocenters. The summed E-state index contributed by atoms with van der Waals surface area (Å²) in [6.07, 6.45) is 2.53. The van der Waals surface area contributed by atoms with E-state index in [1.165, 1.54) is 4.90 Å². The van der Waals surface area contributed by atoms with Gasteiger partial charge in [-0.25, -0.2) is 4.79 Å². The van der Waals surface area contributed by atoms with E-state index in [-0.39, 0.29) is 36.3 Å². The zero-order valence-corrected chi connectivity index (χ0v) is 12.2. The molecule has 3 rings (SSSR count).